The Balaban J connectivity index is 2.25. The smallest absolute Gasteiger partial charge is 0.237 e. The highest BCUT2D eigenvalue weighted by Crippen LogP contribution is 2.11. The van der Waals surface area contributed by atoms with Gasteiger partial charge in [0.15, 0.2) is 0 Å². The van der Waals surface area contributed by atoms with Gasteiger partial charge in [0.2, 0.25) is 5.91 Å². The molecule has 2 N–H and O–H groups in total. The highest BCUT2D eigenvalue weighted by Gasteiger charge is 2.18. The van der Waals surface area contributed by atoms with Crippen LogP contribution in [0.1, 0.15) is 33.3 Å². The molecule has 0 aromatic heterocycles. The molecular weight excluding hydrogens is 252 g/mol. The second-order valence-corrected chi connectivity index (χ2v) is 6.08. The first-order chi connectivity index (χ1) is 9.28. The van der Waals surface area contributed by atoms with Crippen molar-refractivity contribution in [2.24, 2.45) is 0 Å². The van der Waals surface area contributed by atoms with E-state index < -0.39 is 0 Å². The average molecular weight is 278 g/mol. The van der Waals surface area contributed by atoms with Crippen molar-refractivity contribution in [3.05, 3.63) is 29.8 Å². The van der Waals surface area contributed by atoms with Crippen LogP contribution in [-0.4, -0.2) is 30.6 Å². The molecule has 0 aliphatic heterocycles. The van der Waals surface area contributed by atoms with Crippen LogP contribution in [0.5, 0.6) is 5.75 Å². The summed E-state index contributed by atoms with van der Waals surface area (Å²) < 4.78 is 5.62. The molecule has 0 aliphatic rings. The van der Waals surface area contributed by atoms with E-state index in [0.717, 1.165) is 5.75 Å². The van der Waals surface area contributed by atoms with Gasteiger partial charge >= 0.3 is 0 Å². The molecule has 0 fully saturated rings. The van der Waals surface area contributed by atoms with E-state index in [9.17, 15) is 4.79 Å². The van der Waals surface area contributed by atoms with Gasteiger partial charge < -0.3 is 15.4 Å². The molecule has 20 heavy (non-hydrogen) atoms. The topological polar surface area (TPSA) is 50.4 Å². The van der Waals surface area contributed by atoms with Gasteiger partial charge in [-0.15, -0.1) is 0 Å². The number of aryl methyl sites for hydroxylation is 1. The fourth-order valence-electron chi connectivity index (χ4n) is 1.72. The zero-order valence-corrected chi connectivity index (χ0v) is 13.1. The Labute approximate surface area is 121 Å². The van der Waals surface area contributed by atoms with E-state index in [-0.39, 0.29) is 17.5 Å². The Hall–Kier alpha value is -1.55. The molecule has 0 aliphatic carbocycles. The van der Waals surface area contributed by atoms with Crippen LogP contribution in [0, 0.1) is 6.92 Å². The van der Waals surface area contributed by atoms with E-state index in [0.29, 0.717) is 13.2 Å². The molecule has 0 bridgehead atoms. The molecule has 0 saturated carbocycles. The minimum Gasteiger partial charge on any atom is -0.492 e. The van der Waals surface area contributed by atoms with Crippen LogP contribution < -0.4 is 15.4 Å². The van der Waals surface area contributed by atoms with Crippen LogP contribution in [0.25, 0.3) is 0 Å². The van der Waals surface area contributed by atoms with E-state index in [1.54, 1.807) is 0 Å². The van der Waals surface area contributed by atoms with E-state index in [1.807, 2.05) is 58.9 Å². The van der Waals surface area contributed by atoms with Gasteiger partial charge in [-0.3, -0.25) is 4.79 Å². The predicted molar refractivity (Wildman–Crippen MR) is 82.0 cm³/mol. The van der Waals surface area contributed by atoms with Gasteiger partial charge in [0, 0.05) is 12.1 Å². The Kier molecular flexibility index (Phi) is 6.02. The number of rotatable bonds is 6. The fraction of sp³-hybridized carbons (Fsp3) is 0.562. The van der Waals surface area contributed by atoms with Crippen molar-refractivity contribution in [2.75, 3.05) is 13.2 Å². The van der Waals surface area contributed by atoms with Crippen LogP contribution in [0.4, 0.5) is 0 Å². The van der Waals surface area contributed by atoms with Crippen LogP contribution in [0.2, 0.25) is 0 Å². The third-order valence-corrected chi connectivity index (χ3v) is 2.70. The van der Waals surface area contributed by atoms with Crippen molar-refractivity contribution in [2.45, 2.75) is 46.2 Å². The zero-order valence-electron chi connectivity index (χ0n) is 13.1. The largest absolute Gasteiger partial charge is 0.492 e. The number of hydrogen-bond acceptors (Lipinski definition) is 3. The number of amides is 1. The van der Waals surface area contributed by atoms with Crippen molar-refractivity contribution in [1.82, 2.24) is 10.6 Å². The summed E-state index contributed by atoms with van der Waals surface area (Å²) in [7, 11) is 0. The zero-order chi connectivity index (χ0) is 15.2. The molecule has 1 amide bonds. The Morgan fingerprint density at radius 1 is 1.35 bits per heavy atom. The maximum atomic E-state index is 11.9. The van der Waals surface area contributed by atoms with Gasteiger partial charge in [0.05, 0.1) is 6.04 Å². The number of nitrogens with one attached hydrogen (secondary N) is 2. The lowest BCUT2D eigenvalue weighted by Gasteiger charge is -2.23. The summed E-state index contributed by atoms with van der Waals surface area (Å²) in [5, 5.41) is 6.10. The molecule has 0 saturated heterocycles. The number of carbonyl (C=O) groups excluding carboxylic acids is 1. The predicted octanol–water partition coefficient (Wildman–Crippen LogP) is 2.27. The van der Waals surface area contributed by atoms with Gasteiger partial charge in [-0.1, -0.05) is 12.1 Å². The quantitative estimate of drug-likeness (QED) is 0.785. The van der Waals surface area contributed by atoms with E-state index in [4.69, 9.17) is 4.74 Å². The van der Waals surface area contributed by atoms with Crippen molar-refractivity contribution >= 4 is 5.91 Å². The molecule has 112 valence electrons. The highest BCUT2D eigenvalue weighted by molar-refractivity contribution is 5.81. The second kappa shape index (κ2) is 7.29. The summed E-state index contributed by atoms with van der Waals surface area (Å²) in [6.45, 7) is 11.0. The standard InChI is InChI=1S/C16H26N2O2/c1-12-7-6-8-14(11-12)20-10-9-17-13(2)15(19)18-16(3,4)5/h6-8,11,13,17H,9-10H2,1-5H3,(H,18,19). The molecule has 0 spiro atoms. The maximum absolute atomic E-state index is 11.9. The highest BCUT2D eigenvalue weighted by atomic mass is 16.5. The lowest BCUT2D eigenvalue weighted by Crippen LogP contribution is -2.50. The summed E-state index contributed by atoms with van der Waals surface area (Å²) in [6.07, 6.45) is 0. The van der Waals surface area contributed by atoms with Crippen molar-refractivity contribution in [3.63, 3.8) is 0 Å². The normalized spacial score (nSPS) is 12.8. The first-order valence-corrected chi connectivity index (χ1v) is 7.03. The van der Waals surface area contributed by atoms with Gasteiger partial charge in [0.25, 0.3) is 0 Å². The van der Waals surface area contributed by atoms with Crippen LogP contribution >= 0.6 is 0 Å². The van der Waals surface area contributed by atoms with Gasteiger partial charge in [-0.2, -0.15) is 0 Å². The Morgan fingerprint density at radius 3 is 2.65 bits per heavy atom. The summed E-state index contributed by atoms with van der Waals surface area (Å²) in [4.78, 5) is 11.9. The number of benzene rings is 1. The van der Waals surface area contributed by atoms with Crippen LogP contribution in [-0.2, 0) is 4.79 Å². The molecule has 4 heteroatoms. The third-order valence-electron chi connectivity index (χ3n) is 2.70. The molecule has 1 aromatic rings. The van der Waals surface area contributed by atoms with Crippen molar-refractivity contribution < 1.29 is 9.53 Å². The summed E-state index contributed by atoms with van der Waals surface area (Å²) in [5.41, 5.74) is 0.971. The van der Waals surface area contributed by atoms with Crippen molar-refractivity contribution in [3.8, 4) is 5.75 Å². The molecule has 1 rings (SSSR count). The minimum absolute atomic E-state index is 0.00746. The molecule has 0 radical (unpaired) electrons. The maximum Gasteiger partial charge on any atom is 0.237 e. The lowest BCUT2D eigenvalue weighted by molar-refractivity contribution is -0.124. The number of hydrogen-bond donors (Lipinski definition) is 2. The second-order valence-electron chi connectivity index (χ2n) is 6.08. The summed E-state index contributed by atoms with van der Waals surface area (Å²) >= 11 is 0. The molecule has 1 aromatic carbocycles. The van der Waals surface area contributed by atoms with E-state index >= 15 is 0 Å². The molecule has 0 heterocycles. The van der Waals surface area contributed by atoms with Crippen LogP contribution in [0.15, 0.2) is 24.3 Å². The van der Waals surface area contributed by atoms with E-state index in [1.165, 1.54) is 5.56 Å². The van der Waals surface area contributed by atoms with Gasteiger partial charge in [-0.05, 0) is 52.3 Å². The fourth-order valence-corrected chi connectivity index (χ4v) is 1.72. The molecular formula is C16H26N2O2. The van der Waals surface area contributed by atoms with Gasteiger partial charge in [-0.25, -0.2) is 0 Å². The van der Waals surface area contributed by atoms with E-state index in [2.05, 4.69) is 10.6 Å². The lowest BCUT2D eigenvalue weighted by atomic mass is 10.1. The molecule has 4 nitrogen and oxygen atoms in total. The average Bonchev–Trinajstić information content (AvgIpc) is 2.32. The SMILES string of the molecule is Cc1cccc(OCCNC(C)C(=O)NC(C)(C)C)c1. The Bertz CT molecular complexity index is 438. The summed E-state index contributed by atoms with van der Waals surface area (Å²) in [6, 6.07) is 7.70. The number of ether oxygens (including phenoxy) is 1. The van der Waals surface area contributed by atoms with Gasteiger partial charge in [0.1, 0.15) is 12.4 Å². The summed E-state index contributed by atoms with van der Waals surface area (Å²) in [5.74, 6) is 0.867. The minimum atomic E-state index is -0.227. The van der Waals surface area contributed by atoms with Crippen LogP contribution in [0.3, 0.4) is 0 Å². The van der Waals surface area contributed by atoms with Crippen molar-refractivity contribution in [1.29, 1.82) is 0 Å². The molecule has 1 unspecified atom stereocenters. The number of carbonyl (C=O) groups is 1. The Morgan fingerprint density at radius 2 is 2.05 bits per heavy atom. The third kappa shape index (κ3) is 6.57. The first-order valence-electron chi connectivity index (χ1n) is 7.03. The first kappa shape index (κ1) is 16.5. The molecule has 1 atom stereocenters. The monoisotopic (exact) mass is 278 g/mol.